The number of nitrogens with zero attached hydrogens (tertiary/aromatic N) is 1. The molecular formula is C25H18ClN3O5S. The van der Waals surface area contributed by atoms with Gasteiger partial charge in [-0.1, -0.05) is 54.1 Å². The Morgan fingerprint density at radius 1 is 0.971 bits per heavy atom. The number of rotatable bonds is 6. The number of hydrogen-bond donors (Lipinski definition) is 2. The fourth-order valence-corrected chi connectivity index (χ4v) is 4.49. The summed E-state index contributed by atoms with van der Waals surface area (Å²) in [4.78, 5) is 37.1. The monoisotopic (exact) mass is 507 g/mol. The van der Waals surface area contributed by atoms with E-state index in [1.165, 1.54) is 24.7 Å². The van der Waals surface area contributed by atoms with Gasteiger partial charge in [-0.05, 0) is 35.9 Å². The number of hydrazone groups is 1. The molecule has 2 N–H and O–H groups in total. The molecule has 4 rings (SSSR count). The van der Waals surface area contributed by atoms with Crippen molar-refractivity contribution in [1.82, 2.24) is 5.43 Å². The molecule has 0 atom stereocenters. The first-order chi connectivity index (χ1) is 17.0. The number of esters is 1. The van der Waals surface area contributed by atoms with Gasteiger partial charge in [-0.15, -0.1) is 11.3 Å². The van der Waals surface area contributed by atoms with Crippen LogP contribution in [0.15, 0.2) is 77.9 Å². The minimum atomic E-state index is -0.964. The summed E-state index contributed by atoms with van der Waals surface area (Å²) in [7, 11) is 1.46. The van der Waals surface area contributed by atoms with Gasteiger partial charge in [-0.2, -0.15) is 5.10 Å². The number of methoxy groups -OCH3 is 1. The van der Waals surface area contributed by atoms with Gasteiger partial charge < -0.3 is 14.8 Å². The summed E-state index contributed by atoms with van der Waals surface area (Å²) in [5.41, 5.74) is 3.04. The zero-order valence-electron chi connectivity index (χ0n) is 18.3. The molecule has 4 aromatic rings. The molecule has 0 aliphatic rings. The first-order valence-electron chi connectivity index (χ1n) is 10.2. The standard InChI is InChI=1S/C25H18ClN3O5S/c1-33-19-11-4-3-10-18(19)28-23(30)24(31)29-27-14-15-7-6-8-16(13-15)34-25(32)22-21(26)17-9-2-5-12-20(17)35-22/h2-14H,1H3,(H,28,30)(H,29,31)/b27-14-. The van der Waals surface area contributed by atoms with E-state index >= 15 is 0 Å². The fraction of sp³-hybridized carbons (Fsp3) is 0.0400. The third-order valence-corrected chi connectivity index (χ3v) is 6.39. The number of nitrogens with one attached hydrogen (secondary N) is 2. The Hall–Kier alpha value is -4.21. The molecule has 35 heavy (non-hydrogen) atoms. The predicted molar refractivity (Wildman–Crippen MR) is 136 cm³/mol. The minimum absolute atomic E-state index is 0.271. The smallest absolute Gasteiger partial charge is 0.355 e. The number of benzene rings is 3. The molecule has 0 radical (unpaired) electrons. The maximum absolute atomic E-state index is 12.6. The molecule has 2 amide bonds. The topological polar surface area (TPSA) is 106 Å². The molecule has 3 aromatic carbocycles. The van der Waals surface area contributed by atoms with Crippen molar-refractivity contribution in [2.45, 2.75) is 0 Å². The van der Waals surface area contributed by atoms with E-state index in [9.17, 15) is 14.4 Å². The summed E-state index contributed by atoms with van der Waals surface area (Å²) in [6.07, 6.45) is 1.32. The second-order valence-corrected chi connectivity index (χ2v) is 8.49. The van der Waals surface area contributed by atoms with Crippen LogP contribution in [0.3, 0.4) is 0 Å². The third kappa shape index (κ3) is 5.65. The van der Waals surface area contributed by atoms with Crippen molar-refractivity contribution in [2.24, 2.45) is 5.10 Å². The quantitative estimate of drug-likeness (QED) is 0.127. The van der Waals surface area contributed by atoms with Crippen LogP contribution in [0, 0.1) is 0 Å². The van der Waals surface area contributed by atoms with Crippen LogP contribution in [0.1, 0.15) is 15.2 Å². The van der Waals surface area contributed by atoms with Gasteiger partial charge in [0.05, 0.1) is 24.0 Å². The highest BCUT2D eigenvalue weighted by Gasteiger charge is 2.19. The molecule has 8 nitrogen and oxygen atoms in total. The number of amides is 2. The Balaban J connectivity index is 1.37. The van der Waals surface area contributed by atoms with Crippen LogP contribution in [-0.4, -0.2) is 31.1 Å². The first kappa shape index (κ1) is 23.9. The summed E-state index contributed by atoms with van der Waals surface area (Å²) in [5.74, 6) is -1.76. The van der Waals surface area contributed by atoms with E-state index in [-0.39, 0.29) is 5.75 Å². The maximum atomic E-state index is 12.6. The molecule has 10 heteroatoms. The molecule has 0 saturated heterocycles. The zero-order chi connectivity index (χ0) is 24.8. The lowest BCUT2D eigenvalue weighted by Gasteiger charge is -2.08. The van der Waals surface area contributed by atoms with E-state index in [1.54, 1.807) is 48.5 Å². The van der Waals surface area contributed by atoms with Gasteiger partial charge in [0.1, 0.15) is 16.4 Å². The van der Waals surface area contributed by atoms with E-state index in [0.29, 0.717) is 26.9 Å². The average molecular weight is 508 g/mol. The van der Waals surface area contributed by atoms with Gasteiger partial charge in [-0.25, -0.2) is 10.2 Å². The molecule has 1 aromatic heterocycles. The van der Waals surface area contributed by atoms with Crippen molar-refractivity contribution in [2.75, 3.05) is 12.4 Å². The highest BCUT2D eigenvalue weighted by molar-refractivity contribution is 7.21. The first-order valence-corrected chi connectivity index (χ1v) is 11.4. The lowest BCUT2D eigenvalue weighted by atomic mass is 10.2. The molecule has 0 fully saturated rings. The van der Waals surface area contributed by atoms with Gasteiger partial charge in [0.25, 0.3) is 0 Å². The van der Waals surface area contributed by atoms with Gasteiger partial charge in [-0.3, -0.25) is 9.59 Å². The van der Waals surface area contributed by atoms with Crippen LogP contribution in [0.5, 0.6) is 11.5 Å². The van der Waals surface area contributed by atoms with E-state index < -0.39 is 17.8 Å². The van der Waals surface area contributed by atoms with Crippen molar-refractivity contribution in [1.29, 1.82) is 0 Å². The van der Waals surface area contributed by atoms with E-state index in [1.807, 2.05) is 24.3 Å². The van der Waals surface area contributed by atoms with Gasteiger partial charge in [0.2, 0.25) is 0 Å². The summed E-state index contributed by atoms with van der Waals surface area (Å²) < 4.78 is 11.5. The predicted octanol–water partition coefficient (Wildman–Crippen LogP) is 4.87. The van der Waals surface area contributed by atoms with Gasteiger partial charge in [0, 0.05) is 10.1 Å². The van der Waals surface area contributed by atoms with Crippen LogP contribution in [0.25, 0.3) is 10.1 Å². The summed E-state index contributed by atoms with van der Waals surface area (Å²) in [6, 6.07) is 20.6. The van der Waals surface area contributed by atoms with Crippen LogP contribution in [0.2, 0.25) is 5.02 Å². The average Bonchev–Trinajstić information content (AvgIpc) is 3.21. The Morgan fingerprint density at radius 2 is 1.74 bits per heavy atom. The fourth-order valence-electron chi connectivity index (χ4n) is 3.10. The summed E-state index contributed by atoms with van der Waals surface area (Å²) in [6.45, 7) is 0. The van der Waals surface area contributed by atoms with Crippen molar-refractivity contribution >= 4 is 62.7 Å². The van der Waals surface area contributed by atoms with Gasteiger partial charge >= 0.3 is 17.8 Å². The number of thiophene rings is 1. The Kier molecular flexibility index (Phi) is 7.39. The molecule has 0 spiro atoms. The normalized spacial score (nSPS) is 10.8. The van der Waals surface area contributed by atoms with Gasteiger partial charge in [0.15, 0.2) is 0 Å². The molecule has 0 saturated carbocycles. The maximum Gasteiger partial charge on any atom is 0.355 e. The lowest BCUT2D eigenvalue weighted by Crippen LogP contribution is -2.32. The number of fused-ring (bicyclic) bond motifs is 1. The van der Waals surface area contributed by atoms with Crippen molar-refractivity contribution in [3.05, 3.63) is 88.3 Å². The lowest BCUT2D eigenvalue weighted by molar-refractivity contribution is -0.136. The molecule has 0 unspecified atom stereocenters. The van der Waals surface area contributed by atoms with Crippen LogP contribution in [0.4, 0.5) is 5.69 Å². The molecule has 0 bridgehead atoms. The number of hydrogen-bond acceptors (Lipinski definition) is 7. The molecule has 0 aliphatic carbocycles. The summed E-state index contributed by atoms with van der Waals surface area (Å²) in [5, 5.41) is 7.38. The van der Waals surface area contributed by atoms with Crippen LogP contribution < -0.4 is 20.2 Å². The third-order valence-electron chi connectivity index (χ3n) is 4.73. The highest BCUT2D eigenvalue weighted by Crippen LogP contribution is 2.35. The van der Waals surface area contributed by atoms with Crippen molar-refractivity contribution in [3.63, 3.8) is 0 Å². The van der Waals surface area contributed by atoms with E-state index in [0.717, 1.165) is 10.1 Å². The minimum Gasteiger partial charge on any atom is -0.495 e. The number of carbonyl (C=O) groups excluding carboxylic acids is 3. The molecular weight excluding hydrogens is 490 g/mol. The van der Waals surface area contributed by atoms with Crippen molar-refractivity contribution in [3.8, 4) is 11.5 Å². The molecule has 1 heterocycles. The van der Waals surface area contributed by atoms with Crippen LogP contribution >= 0.6 is 22.9 Å². The zero-order valence-corrected chi connectivity index (χ0v) is 19.9. The molecule has 0 aliphatic heterocycles. The largest absolute Gasteiger partial charge is 0.495 e. The Morgan fingerprint density at radius 3 is 2.54 bits per heavy atom. The van der Waals surface area contributed by atoms with Crippen LogP contribution in [-0.2, 0) is 9.59 Å². The number of para-hydroxylation sites is 2. The molecule has 176 valence electrons. The highest BCUT2D eigenvalue weighted by atomic mass is 35.5. The summed E-state index contributed by atoms with van der Waals surface area (Å²) >= 11 is 7.60. The number of halogens is 1. The number of carbonyl (C=O) groups is 3. The van der Waals surface area contributed by atoms with Crippen molar-refractivity contribution < 1.29 is 23.9 Å². The SMILES string of the molecule is COc1ccccc1NC(=O)C(=O)N/N=C\c1cccc(OC(=O)c2sc3ccccc3c2Cl)c1. The number of anilines is 1. The second-order valence-electron chi connectivity index (χ2n) is 7.06. The Labute approximate surface area is 209 Å². The van der Waals surface area contributed by atoms with E-state index in [2.05, 4.69) is 15.8 Å². The number of ether oxygens (including phenoxy) is 2. The Bertz CT molecular complexity index is 1450. The van der Waals surface area contributed by atoms with E-state index in [4.69, 9.17) is 21.1 Å². The second kappa shape index (κ2) is 10.8.